The molecule has 146 valence electrons. The van der Waals surface area contributed by atoms with Gasteiger partial charge in [-0.2, -0.15) is 5.26 Å². The van der Waals surface area contributed by atoms with Crippen LogP contribution in [0.4, 0.5) is 5.69 Å². The number of hydrogen-bond acceptors (Lipinski definition) is 7. The number of amides is 1. The Balaban J connectivity index is 2.15. The summed E-state index contributed by atoms with van der Waals surface area (Å²) in [6, 6.07) is 11.4. The predicted molar refractivity (Wildman–Crippen MR) is 101 cm³/mol. The molecule has 0 aliphatic carbocycles. The summed E-state index contributed by atoms with van der Waals surface area (Å²) in [5, 5.41) is 11.7. The molecule has 0 aliphatic rings. The van der Waals surface area contributed by atoms with Crippen LogP contribution in [0.2, 0.25) is 0 Å². The summed E-state index contributed by atoms with van der Waals surface area (Å²) in [5.41, 5.74) is 0.774. The summed E-state index contributed by atoms with van der Waals surface area (Å²) in [7, 11) is 4.30. The minimum atomic E-state index is -1.10. The van der Waals surface area contributed by atoms with Crippen LogP contribution in [-0.4, -0.2) is 39.3 Å². The smallest absolute Gasteiger partial charge is 0.339 e. The summed E-state index contributed by atoms with van der Waals surface area (Å²) in [6.45, 7) is 1.43. The van der Waals surface area contributed by atoms with Gasteiger partial charge in [0.15, 0.2) is 17.6 Å². The number of methoxy groups -OCH3 is 3. The molecule has 2 rings (SSSR count). The van der Waals surface area contributed by atoms with Crippen molar-refractivity contribution in [3.63, 3.8) is 0 Å². The quantitative estimate of drug-likeness (QED) is 0.732. The van der Waals surface area contributed by atoms with Crippen LogP contribution in [-0.2, 0) is 9.53 Å². The predicted octanol–water partition coefficient (Wildman–Crippen LogP) is 2.77. The second-order valence-corrected chi connectivity index (χ2v) is 5.61. The highest BCUT2D eigenvalue weighted by atomic mass is 16.5. The lowest BCUT2D eigenvalue weighted by atomic mass is 10.1. The van der Waals surface area contributed by atoms with Crippen LogP contribution in [0.25, 0.3) is 0 Å². The molecule has 0 radical (unpaired) electrons. The van der Waals surface area contributed by atoms with Crippen molar-refractivity contribution in [2.24, 2.45) is 0 Å². The molecule has 1 atom stereocenters. The third-order valence-corrected chi connectivity index (χ3v) is 3.86. The van der Waals surface area contributed by atoms with E-state index in [1.807, 2.05) is 6.07 Å². The standard InChI is InChI=1S/C20H20N2O6/c1-12(19(23)22-15-8-6-5-7-13(15)11-21)28-20(24)14-9-16(25-2)18(27-4)17(10-14)26-3/h5-10,12H,1-4H3,(H,22,23)/t12-/m1/s1. The van der Waals surface area contributed by atoms with E-state index in [4.69, 9.17) is 24.2 Å². The summed E-state index contributed by atoms with van der Waals surface area (Å²) in [6.07, 6.45) is -1.10. The van der Waals surface area contributed by atoms with Crippen LogP contribution in [0, 0.1) is 11.3 Å². The molecule has 0 saturated carbocycles. The van der Waals surface area contributed by atoms with Crippen molar-refractivity contribution in [2.75, 3.05) is 26.6 Å². The molecule has 28 heavy (non-hydrogen) atoms. The molecule has 8 heteroatoms. The van der Waals surface area contributed by atoms with Crippen molar-refractivity contribution in [3.05, 3.63) is 47.5 Å². The van der Waals surface area contributed by atoms with Gasteiger partial charge in [0.05, 0.1) is 38.1 Å². The number of nitrogens with zero attached hydrogens (tertiary/aromatic N) is 1. The lowest BCUT2D eigenvalue weighted by Crippen LogP contribution is -2.30. The lowest BCUT2D eigenvalue weighted by Gasteiger charge is -2.16. The summed E-state index contributed by atoms with van der Waals surface area (Å²) in [5.74, 6) is -0.401. The van der Waals surface area contributed by atoms with Crippen molar-refractivity contribution in [3.8, 4) is 23.3 Å². The molecule has 1 N–H and O–H groups in total. The first kappa shape index (κ1) is 20.6. The number of nitrogens with one attached hydrogen (secondary N) is 1. The third kappa shape index (κ3) is 4.51. The number of rotatable bonds is 7. The molecule has 1 amide bonds. The summed E-state index contributed by atoms with van der Waals surface area (Å²) in [4.78, 5) is 24.8. The highest BCUT2D eigenvalue weighted by Gasteiger charge is 2.23. The average Bonchev–Trinajstić information content (AvgIpc) is 2.72. The van der Waals surface area contributed by atoms with Crippen LogP contribution in [0.1, 0.15) is 22.8 Å². The van der Waals surface area contributed by atoms with Gasteiger partial charge in [0, 0.05) is 0 Å². The molecule has 0 bridgehead atoms. The molecule has 0 aromatic heterocycles. The van der Waals surface area contributed by atoms with E-state index in [1.54, 1.807) is 24.3 Å². The SMILES string of the molecule is COc1cc(C(=O)O[C@H](C)C(=O)Nc2ccccc2C#N)cc(OC)c1OC. The van der Waals surface area contributed by atoms with Gasteiger partial charge in [0.2, 0.25) is 5.75 Å². The molecule has 0 aliphatic heterocycles. The van der Waals surface area contributed by atoms with E-state index in [2.05, 4.69) is 5.32 Å². The number of ether oxygens (including phenoxy) is 4. The number of carbonyl (C=O) groups is 2. The van der Waals surface area contributed by atoms with Gasteiger partial charge in [-0.1, -0.05) is 12.1 Å². The van der Waals surface area contributed by atoms with Crippen molar-refractivity contribution in [1.29, 1.82) is 5.26 Å². The molecule has 0 unspecified atom stereocenters. The largest absolute Gasteiger partial charge is 0.493 e. The zero-order valence-corrected chi connectivity index (χ0v) is 15.9. The van der Waals surface area contributed by atoms with Crippen LogP contribution in [0.5, 0.6) is 17.2 Å². The van der Waals surface area contributed by atoms with Crippen LogP contribution in [0.3, 0.4) is 0 Å². The Hall–Kier alpha value is -3.73. The average molecular weight is 384 g/mol. The number of carbonyl (C=O) groups excluding carboxylic acids is 2. The maximum absolute atomic E-state index is 12.5. The molecule has 0 saturated heterocycles. The van der Waals surface area contributed by atoms with Gasteiger partial charge >= 0.3 is 5.97 Å². The number of para-hydroxylation sites is 1. The summed E-state index contributed by atoms with van der Waals surface area (Å²) >= 11 is 0. The van der Waals surface area contributed by atoms with Gasteiger partial charge in [0.25, 0.3) is 5.91 Å². The van der Waals surface area contributed by atoms with Crippen molar-refractivity contribution in [1.82, 2.24) is 0 Å². The first-order chi connectivity index (χ1) is 13.4. The van der Waals surface area contributed by atoms with Gasteiger partial charge in [-0.15, -0.1) is 0 Å². The molecular formula is C20H20N2O6. The van der Waals surface area contributed by atoms with Gasteiger partial charge in [-0.05, 0) is 31.2 Å². The van der Waals surface area contributed by atoms with Gasteiger partial charge in [-0.25, -0.2) is 4.79 Å². The highest BCUT2D eigenvalue weighted by molar-refractivity contribution is 5.98. The molecule has 0 spiro atoms. The monoisotopic (exact) mass is 384 g/mol. The summed E-state index contributed by atoms with van der Waals surface area (Å²) < 4.78 is 20.8. The highest BCUT2D eigenvalue weighted by Crippen LogP contribution is 2.38. The number of hydrogen-bond donors (Lipinski definition) is 1. The fourth-order valence-electron chi connectivity index (χ4n) is 2.41. The molecule has 2 aromatic rings. The van der Waals surface area contributed by atoms with Crippen LogP contribution in [0.15, 0.2) is 36.4 Å². The Morgan fingerprint density at radius 3 is 2.18 bits per heavy atom. The van der Waals surface area contributed by atoms with E-state index in [0.29, 0.717) is 17.0 Å². The Kier molecular flexibility index (Phi) is 6.82. The van der Waals surface area contributed by atoms with E-state index < -0.39 is 18.0 Å². The van der Waals surface area contributed by atoms with Gasteiger partial charge in [0.1, 0.15) is 6.07 Å². The maximum atomic E-state index is 12.5. The van der Waals surface area contributed by atoms with Crippen LogP contribution < -0.4 is 19.5 Å². The minimum Gasteiger partial charge on any atom is -0.493 e. The zero-order chi connectivity index (χ0) is 20.7. The minimum absolute atomic E-state index is 0.131. The second-order valence-electron chi connectivity index (χ2n) is 5.61. The Morgan fingerprint density at radius 2 is 1.64 bits per heavy atom. The van der Waals surface area contributed by atoms with Crippen molar-refractivity contribution in [2.45, 2.75) is 13.0 Å². The van der Waals surface area contributed by atoms with E-state index in [-0.39, 0.29) is 17.1 Å². The second kappa shape index (κ2) is 9.28. The maximum Gasteiger partial charge on any atom is 0.339 e. The third-order valence-electron chi connectivity index (χ3n) is 3.86. The number of anilines is 1. The van der Waals surface area contributed by atoms with E-state index in [1.165, 1.54) is 40.4 Å². The van der Waals surface area contributed by atoms with Crippen molar-refractivity contribution < 1.29 is 28.5 Å². The molecular weight excluding hydrogens is 364 g/mol. The Labute approximate surface area is 162 Å². The van der Waals surface area contributed by atoms with E-state index >= 15 is 0 Å². The van der Waals surface area contributed by atoms with Crippen LogP contribution >= 0.6 is 0 Å². The Bertz CT molecular complexity index is 894. The van der Waals surface area contributed by atoms with Crippen molar-refractivity contribution >= 4 is 17.6 Å². The first-order valence-electron chi connectivity index (χ1n) is 8.26. The number of nitriles is 1. The molecule has 0 fully saturated rings. The topological polar surface area (TPSA) is 107 Å². The molecule has 2 aromatic carbocycles. The normalized spacial score (nSPS) is 11.0. The van der Waals surface area contributed by atoms with E-state index in [0.717, 1.165) is 0 Å². The zero-order valence-electron chi connectivity index (χ0n) is 15.9. The number of esters is 1. The first-order valence-corrected chi connectivity index (χ1v) is 8.26. The van der Waals surface area contributed by atoms with E-state index in [9.17, 15) is 9.59 Å². The Morgan fingerprint density at radius 1 is 1.04 bits per heavy atom. The number of benzene rings is 2. The van der Waals surface area contributed by atoms with Gasteiger partial charge < -0.3 is 24.3 Å². The van der Waals surface area contributed by atoms with Gasteiger partial charge in [-0.3, -0.25) is 4.79 Å². The fourth-order valence-corrected chi connectivity index (χ4v) is 2.41. The fraction of sp³-hybridized carbons (Fsp3) is 0.250. The lowest BCUT2D eigenvalue weighted by molar-refractivity contribution is -0.123. The molecule has 8 nitrogen and oxygen atoms in total. The molecule has 0 heterocycles.